The zero-order chi connectivity index (χ0) is 10.7. The molecule has 0 unspecified atom stereocenters. The molecule has 0 aromatic heterocycles. The minimum absolute atomic E-state index is 0.301. The summed E-state index contributed by atoms with van der Waals surface area (Å²) in [6, 6.07) is 1.99. The highest BCUT2D eigenvalue weighted by atomic mass is 35.5. The first-order valence-electron chi connectivity index (χ1n) is 4.26. The lowest BCUT2D eigenvalue weighted by molar-refractivity contribution is 0.121. The molecule has 0 aliphatic rings. The third-order valence-corrected chi connectivity index (χ3v) is 2.63. The van der Waals surface area contributed by atoms with Crippen molar-refractivity contribution in [2.75, 3.05) is 7.11 Å². The maximum absolute atomic E-state index is 6.08. The predicted octanol–water partition coefficient (Wildman–Crippen LogP) is 2.36. The van der Waals surface area contributed by atoms with E-state index in [1.165, 1.54) is 0 Å². The Hall–Kier alpha value is -0.770. The molecule has 0 atom stereocenters. The monoisotopic (exact) mass is 215 g/mol. The molecule has 3 nitrogen and oxygen atoms in total. The van der Waals surface area contributed by atoms with Gasteiger partial charge >= 0.3 is 0 Å². The Morgan fingerprint density at radius 1 is 1.36 bits per heavy atom. The smallest absolute Gasteiger partial charge is 0.143 e. The molecule has 0 aliphatic heterocycles. The molecule has 4 heteroatoms. The number of nitrogens with two attached hydrogens (primary N) is 1. The Morgan fingerprint density at radius 3 is 2.50 bits per heavy atom. The van der Waals surface area contributed by atoms with Gasteiger partial charge in [-0.2, -0.15) is 0 Å². The molecule has 1 aromatic rings. The first kappa shape index (κ1) is 11.3. The van der Waals surface area contributed by atoms with Crippen LogP contribution in [0.5, 0.6) is 5.75 Å². The average Bonchev–Trinajstić information content (AvgIpc) is 2.15. The first-order chi connectivity index (χ1) is 6.61. The summed E-state index contributed by atoms with van der Waals surface area (Å²) in [7, 11) is 1.58. The molecular formula is C10H14ClNO2. The number of hydrogen-bond donors (Lipinski definition) is 1. The standard InChI is InChI=1S/C10H14ClNO2/c1-6-4-7(2)9(11)10(13-3)8(6)5-14-12/h4H,5,12H2,1-3H3. The van der Waals surface area contributed by atoms with Gasteiger partial charge < -0.3 is 4.74 Å². The van der Waals surface area contributed by atoms with E-state index in [2.05, 4.69) is 4.84 Å². The molecule has 0 bridgehead atoms. The van der Waals surface area contributed by atoms with Gasteiger partial charge in [-0.25, -0.2) is 5.90 Å². The minimum Gasteiger partial charge on any atom is -0.495 e. The number of halogens is 1. The van der Waals surface area contributed by atoms with Crippen LogP contribution < -0.4 is 10.6 Å². The van der Waals surface area contributed by atoms with Crippen molar-refractivity contribution in [2.24, 2.45) is 5.90 Å². The molecule has 0 spiro atoms. The van der Waals surface area contributed by atoms with Gasteiger partial charge in [0.05, 0.1) is 18.7 Å². The summed E-state index contributed by atoms with van der Waals surface area (Å²) in [5.41, 5.74) is 2.95. The van der Waals surface area contributed by atoms with Crippen molar-refractivity contribution in [1.29, 1.82) is 0 Å². The maximum Gasteiger partial charge on any atom is 0.143 e. The lowest BCUT2D eigenvalue weighted by Gasteiger charge is -2.14. The lowest BCUT2D eigenvalue weighted by Crippen LogP contribution is -2.04. The Labute approximate surface area is 88.7 Å². The fraction of sp³-hybridized carbons (Fsp3) is 0.400. The molecule has 14 heavy (non-hydrogen) atoms. The van der Waals surface area contributed by atoms with Crippen LogP contribution in [0.4, 0.5) is 0 Å². The van der Waals surface area contributed by atoms with Crippen LogP contribution in [-0.4, -0.2) is 7.11 Å². The van der Waals surface area contributed by atoms with Crippen LogP contribution in [0, 0.1) is 13.8 Å². The Kier molecular flexibility index (Phi) is 3.75. The highest BCUT2D eigenvalue weighted by Crippen LogP contribution is 2.34. The second-order valence-corrected chi connectivity index (χ2v) is 3.53. The number of rotatable bonds is 3. The van der Waals surface area contributed by atoms with Crippen molar-refractivity contribution >= 4 is 11.6 Å². The lowest BCUT2D eigenvalue weighted by atomic mass is 10.0. The average molecular weight is 216 g/mol. The molecule has 0 amide bonds. The van der Waals surface area contributed by atoms with E-state index in [0.29, 0.717) is 17.4 Å². The number of benzene rings is 1. The summed E-state index contributed by atoms with van der Waals surface area (Å²) >= 11 is 6.08. The summed E-state index contributed by atoms with van der Waals surface area (Å²) < 4.78 is 5.22. The Morgan fingerprint density at radius 2 is 2.00 bits per heavy atom. The minimum atomic E-state index is 0.301. The number of methoxy groups -OCH3 is 1. The van der Waals surface area contributed by atoms with Crippen LogP contribution in [0.25, 0.3) is 0 Å². The largest absolute Gasteiger partial charge is 0.495 e. The normalized spacial score (nSPS) is 10.4. The first-order valence-corrected chi connectivity index (χ1v) is 4.63. The van der Waals surface area contributed by atoms with Crippen molar-refractivity contribution in [2.45, 2.75) is 20.5 Å². The van der Waals surface area contributed by atoms with E-state index in [1.807, 2.05) is 19.9 Å². The SMILES string of the molecule is COc1c(Cl)c(C)cc(C)c1CON. The Bertz CT molecular complexity index is 339. The van der Waals surface area contributed by atoms with Gasteiger partial charge in [0, 0.05) is 5.56 Å². The molecule has 78 valence electrons. The number of hydrogen-bond acceptors (Lipinski definition) is 3. The van der Waals surface area contributed by atoms with E-state index in [1.54, 1.807) is 7.11 Å². The topological polar surface area (TPSA) is 44.5 Å². The summed E-state index contributed by atoms with van der Waals surface area (Å²) in [6.45, 7) is 4.21. The summed E-state index contributed by atoms with van der Waals surface area (Å²) in [5.74, 6) is 5.69. The number of ether oxygens (including phenoxy) is 1. The summed E-state index contributed by atoms with van der Waals surface area (Å²) in [4.78, 5) is 4.61. The van der Waals surface area contributed by atoms with E-state index in [4.69, 9.17) is 22.2 Å². The zero-order valence-corrected chi connectivity index (χ0v) is 9.31. The van der Waals surface area contributed by atoms with E-state index in [9.17, 15) is 0 Å². The predicted molar refractivity (Wildman–Crippen MR) is 56.5 cm³/mol. The van der Waals surface area contributed by atoms with Crippen LogP contribution in [0.3, 0.4) is 0 Å². The van der Waals surface area contributed by atoms with Gasteiger partial charge in [-0.15, -0.1) is 0 Å². The highest BCUT2D eigenvalue weighted by Gasteiger charge is 2.13. The highest BCUT2D eigenvalue weighted by molar-refractivity contribution is 6.33. The summed E-state index contributed by atoms with van der Waals surface area (Å²) in [6.07, 6.45) is 0. The fourth-order valence-electron chi connectivity index (χ4n) is 1.44. The molecule has 0 fully saturated rings. The van der Waals surface area contributed by atoms with Crippen LogP contribution in [0.2, 0.25) is 5.02 Å². The molecule has 0 saturated heterocycles. The van der Waals surface area contributed by atoms with Gasteiger partial charge in [0.2, 0.25) is 0 Å². The fourth-order valence-corrected chi connectivity index (χ4v) is 1.69. The molecular weight excluding hydrogens is 202 g/mol. The second kappa shape index (κ2) is 4.64. The molecule has 2 N–H and O–H groups in total. The third kappa shape index (κ3) is 2.00. The van der Waals surface area contributed by atoms with E-state index in [-0.39, 0.29) is 0 Å². The van der Waals surface area contributed by atoms with Gasteiger partial charge in [0.25, 0.3) is 0 Å². The molecule has 1 rings (SSSR count). The van der Waals surface area contributed by atoms with Crippen molar-refractivity contribution in [3.63, 3.8) is 0 Å². The molecule has 0 aliphatic carbocycles. The van der Waals surface area contributed by atoms with E-state index in [0.717, 1.165) is 16.7 Å². The van der Waals surface area contributed by atoms with Crippen LogP contribution in [0.1, 0.15) is 16.7 Å². The quantitative estimate of drug-likeness (QED) is 0.788. The van der Waals surface area contributed by atoms with Crippen LogP contribution in [0.15, 0.2) is 6.07 Å². The summed E-state index contributed by atoms with van der Waals surface area (Å²) in [5, 5.41) is 0.616. The van der Waals surface area contributed by atoms with Crippen LogP contribution >= 0.6 is 11.6 Å². The van der Waals surface area contributed by atoms with Crippen molar-refractivity contribution in [1.82, 2.24) is 0 Å². The van der Waals surface area contributed by atoms with Crippen molar-refractivity contribution < 1.29 is 9.57 Å². The molecule has 0 radical (unpaired) electrons. The van der Waals surface area contributed by atoms with Crippen molar-refractivity contribution in [3.05, 3.63) is 27.8 Å². The zero-order valence-electron chi connectivity index (χ0n) is 8.56. The molecule has 0 saturated carbocycles. The van der Waals surface area contributed by atoms with Gasteiger partial charge in [0.15, 0.2) is 0 Å². The van der Waals surface area contributed by atoms with Gasteiger partial charge in [-0.05, 0) is 25.0 Å². The maximum atomic E-state index is 6.08. The van der Waals surface area contributed by atoms with E-state index < -0.39 is 0 Å². The van der Waals surface area contributed by atoms with E-state index >= 15 is 0 Å². The van der Waals surface area contributed by atoms with Crippen LogP contribution in [-0.2, 0) is 11.4 Å². The van der Waals surface area contributed by atoms with Crippen molar-refractivity contribution in [3.8, 4) is 5.75 Å². The van der Waals surface area contributed by atoms with Gasteiger partial charge in [-0.1, -0.05) is 17.7 Å². The Balaban J connectivity index is 3.31. The number of aryl methyl sites for hydroxylation is 2. The third-order valence-electron chi connectivity index (χ3n) is 2.16. The van der Waals surface area contributed by atoms with Gasteiger partial charge in [-0.3, -0.25) is 4.84 Å². The molecule has 0 heterocycles. The molecule has 1 aromatic carbocycles. The second-order valence-electron chi connectivity index (χ2n) is 3.15. The van der Waals surface area contributed by atoms with Gasteiger partial charge in [0.1, 0.15) is 5.75 Å².